The van der Waals surface area contributed by atoms with Crippen molar-refractivity contribution in [1.82, 2.24) is 15.5 Å². The minimum atomic E-state index is -0.198. The van der Waals surface area contributed by atoms with Crippen molar-refractivity contribution < 1.29 is 4.79 Å². The van der Waals surface area contributed by atoms with Gasteiger partial charge in [0.15, 0.2) is 8.68 Å². The van der Waals surface area contributed by atoms with Crippen LogP contribution in [0.25, 0.3) is 0 Å². The Morgan fingerprint density at radius 2 is 2.00 bits per heavy atom. The predicted molar refractivity (Wildman–Crippen MR) is 79.5 cm³/mol. The molecule has 1 rings (SSSR count). The topological polar surface area (TPSA) is 54.9 Å². The second-order valence-corrected chi connectivity index (χ2v) is 8.84. The van der Waals surface area contributed by atoms with Crippen molar-refractivity contribution in [1.29, 1.82) is 0 Å². The van der Waals surface area contributed by atoms with Gasteiger partial charge >= 0.3 is 0 Å². The molecule has 0 bridgehead atoms. The summed E-state index contributed by atoms with van der Waals surface area (Å²) in [7, 11) is 0. The van der Waals surface area contributed by atoms with Gasteiger partial charge in [0.25, 0.3) is 0 Å². The van der Waals surface area contributed by atoms with Crippen molar-refractivity contribution in [3.05, 3.63) is 0 Å². The Morgan fingerprint density at radius 3 is 2.56 bits per heavy atom. The van der Waals surface area contributed by atoms with E-state index in [4.69, 9.17) is 0 Å². The number of nitrogens with one attached hydrogen (secondary N) is 1. The number of rotatable bonds is 5. The molecular formula is C11H19N3OS3. The Hall–Kier alpha value is -0.270. The third kappa shape index (κ3) is 5.58. The average Bonchev–Trinajstić information content (AvgIpc) is 2.63. The first-order valence-corrected chi connectivity index (χ1v) is 8.45. The summed E-state index contributed by atoms with van der Waals surface area (Å²) in [6.07, 6.45) is 0. The maximum Gasteiger partial charge on any atom is 0.233 e. The molecule has 4 nitrogen and oxygen atoms in total. The lowest BCUT2D eigenvalue weighted by atomic mass is 10.1. The van der Waals surface area contributed by atoms with Crippen LogP contribution in [0.3, 0.4) is 0 Å². The third-order valence-corrected chi connectivity index (χ3v) is 4.92. The van der Waals surface area contributed by atoms with Crippen LogP contribution in [-0.2, 0) is 4.79 Å². The molecule has 1 aromatic heterocycles. The first-order valence-electron chi connectivity index (χ1n) is 5.77. The van der Waals surface area contributed by atoms with E-state index in [2.05, 4.69) is 22.4 Å². The van der Waals surface area contributed by atoms with E-state index in [1.54, 1.807) is 23.1 Å². The fourth-order valence-electron chi connectivity index (χ4n) is 1.10. The third-order valence-electron chi connectivity index (χ3n) is 1.80. The van der Waals surface area contributed by atoms with Crippen molar-refractivity contribution in [2.45, 2.75) is 54.1 Å². The van der Waals surface area contributed by atoms with Crippen molar-refractivity contribution in [3.8, 4) is 0 Å². The Labute approximate surface area is 121 Å². The van der Waals surface area contributed by atoms with Gasteiger partial charge in [-0.25, -0.2) is 0 Å². The largest absolute Gasteiger partial charge is 0.351 e. The van der Waals surface area contributed by atoms with Gasteiger partial charge in [0.05, 0.1) is 5.25 Å². The molecule has 1 aromatic rings. The molecule has 7 heteroatoms. The molecule has 1 amide bonds. The van der Waals surface area contributed by atoms with Crippen molar-refractivity contribution in [3.63, 3.8) is 0 Å². The van der Waals surface area contributed by atoms with Crippen LogP contribution in [0.1, 0.15) is 34.6 Å². The summed E-state index contributed by atoms with van der Waals surface area (Å²) in [6, 6.07) is 0. The van der Waals surface area contributed by atoms with Gasteiger partial charge < -0.3 is 5.32 Å². The molecule has 0 aromatic carbocycles. The Morgan fingerprint density at radius 1 is 1.39 bits per heavy atom. The smallest absolute Gasteiger partial charge is 0.233 e. The maximum atomic E-state index is 11.9. The van der Waals surface area contributed by atoms with Crippen LogP contribution >= 0.6 is 34.9 Å². The van der Waals surface area contributed by atoms with E-state index < -0.39 is 0 Å². The van der Waals surface area contributed by atoms with Gasteiger partial charge in [0.1, 0.15) is 0 Å². The van der Waals surface area contributed by atoms with Gasteiger partial charge in [0.2, 0.25) is 5.91 Å². The summed E-state index contributed by atoms with van der Waals surface area (Å²) >= 11 is 4.68. The molecule has 0 saturated heterocycles. The molecule has 1 N–H and O–H groups in total. The molecule has 18 heavy (non-hydrogen) atoms. The van der Waals surface area contributed by atoms with Crippen LogP contribution in [0, 0.1) is 0 Å². The highest BCUT2D eigenvalue weighted by Crippen LogP contribution is 2.31. The van der Waals surface area contributed by atoms with Gasteiger partial charge in [-0.1, -0.05) is 41.8 Å². The molecule has 0 saturated carbocycles. The molecule has 0 radical (unpaired) electrons. The summed E-state index contributed by atoms with van der Waals surface area (Å²) in [4.78, 5) is 11.9. The summed E-state index contributed by atoms with van der Waals surface area (Å²) in [5.41, 5.74) is -0.198. The van der Waals surface area contributed by atoms with Gasteiger partial charge in [-0.05, 0) is 33.4 Å². The monoisotopic (exact) mass is 305 g/mol. The summed E-state index contributed by atoms with van der Waals surface area (Å²) in [5.74, 6) is 1.02. The number of amides is 1. The van der Waals surface area contributed by atoms with Crippen molar-refractivity contribution in [2.24, 2.45) is 0 Å². The van der Waals surface area contributed by atoms with Crippen LogP contribution in [0.5, 0.6) is 0 Å². The molecule has 0 aliphatic carbocycles. The zero-order valence-corrected chi connectivity index (χ0v) is 13.8. The fraction of sp³-hybridized carbons (Fsp3) is 0.727. The molecule has 1 atom stereocenters. The predicted octanol–water partition coefficient (Wildman–Crippen LogP) is 3.05. The fourth-order valence-corrected chi connectivity index (χ4v) is 4.16. The number of hydrogen-bond donors (Lipinski definition) is 1. The van der Waals surface area contributed by atoms with Crippen LogP contribution in [0.2, 0.25) is 0 Å². The van der Waals surface area contributed by atoms with E-state index in [1.807, 2.05) is 27.7 Å². The van der Waals surface area contributed by atoms with Crippen LogP contribution in [0.4, 0.5) is 0 Å². The van der Waals surface area contributed by atoms with E-state index in [0.717, 1.165) is 14.4 Å². The molecule has 0 spiro atoms. The minimum Gasteiger partial charge on any atom is -0.351 e. The highest BCUT2D eigenvalue weighted by Gasteiger charge is 2.21. The van der Waals surface area contributed by atoms with Gasteiger partial charge in [-0.2, -0.15) is 0 Å². The van der Waals surface area contributed by atoms with E-state index in [1.165, 1.54) is 11.8 Å². The van der Waals surface area contributed by atoms with Crippen molar-refractivity contribution in [2.75, 3.05) is 5.75 Å². The van der Waals surface area contributed by atoms with Gasteiger partial charge in [0, 0.05) is 5.54 Å². The van der Waals surface area contributed by atoms with Gasteiger partial charge in [-0.3, -0.25) is 4.79 Å². The van der Waals surface area contributed by atoms with Crippen LogP contribution < -0.4 is 5.32 Å². The van der Waals surface area contributed by atoms with E-state index in [0.29, 0.717) is 0 Å². The lowest BCUT2D eigenvalue weighted by molar-refractivity contribution is -0.121. The molecule has 0 aliphatic heterocycles. The second kappa shape index (κ2) is 6.77. The summed E-state index contributed by atoms with van der Waals surface area (Å²) < 4.78 is 1.81. The first-order chi connectivity index (χ1) is 8.31. The average molecular weight is 305 g/mol. The minimum absolute atomic E-state index is 0.0346. The molecule has 0 unspecified atom stereocenters. The Bertz CT molecular complexity index is 400. The Balaban J connectivity index is 2.52. The van der Waals surface area contributed by atoms with Gasteiger partial charge in [-0.15, -0.1) is 10.2 Å². The molecular weight excluding hydrogens is 286 g/mol. The van der Waals surface area contributed by atoms with E-state index in [9.17, 15) is 4.79 Å². The maximum absolute atomic E-state index is 11.9. The first kappa shape index (κ1) is 15.8. The number of nitrogens with zero attached hydrogens (tertiary/aromatic N) is 2. The van der Waals surface area contributed by atoms with Crippen LogP contribution in [0.15, 0.2) is 8.68 Å². The normalized spacial score (nSPS) is 13.4. The lowest BCUT2D eigenvalue weighted by Crippen LogP contribution is -2.44. The quantitative estimate of drug-likeness (QED) is 0.847. The molecule has 0 fully saturated rings. The lowest BCUT2D eigenvalue weighted by Gasteiger charge is -2.22. The molecule has 1 heterocycles. The standard InChI is InChI=1S/C11H19N3OS3/c1-6-16-9-13-14-10(18-9)17-7(2)8(15)12-11(3,4)5/h7H,6H2,1-5H3,(H,12,15)/t7-/m0/s1. The molecule has 102 valence electrons. The second-order valence-electron chi connectivity index (χ2n) is 4.77. The van der Waals surface area contributed by atoms with E-state index >= 15 is 0 Å². The summed E-state index contributed by atoms with van der Waals surface area (Å²) in [6.45, 7) is 9.90. The van der Waals surface area contributed by atoms with Crippen molar-refractivity contribution >= 4 is 40.8 Å². The van der Waals surface area contributed by atoms with E-state index in [-0.39, 0.29) is 16.7 Å². The summed E-state index contributed by atoms with van der Waals surface area (Å²) in [5, 5.41) is 11.0. The number of aromatic nitrogens is 2. The number of carbonyl (C=O) groups excluding carboxylic acids is 1. The highest BCUT2D eigenvalue weighted by molar-refractivity contribution is 8.03. The Kier molecular flexibility index (Phi) is 5.94. The zero-order valence-electron chi connectivity index (χ0n) is 11.3. The number of carbonyl (C=O) groups is 1. The van der Waals surface area contributed by atoms with Crippen LogP contribution in [-0.4, -0.2) is 32.6 Å². The SMILES string of the molecule is CCSc1nnc(S[C@@H](C)C(=O)NC(C)(C)C)s1. The zero-order chi connectivity index (χ0) is 13.8. The number of thioether (sulfide) groups is 2. The highest BCUT2D eigenvalue weighted by atomic mass is 32.2. The number of hydrogen-bond acceptors (Lipinski definition) is 6. The molecule has 0 aliphatic rings.